The van der Waals surface area contributed by atoms with Crippen LogP contribution in [0.1, 0.15) is 64.5 Å². The third kappa shape index (κ3) is 3.65. The Morgan fingerprint density at radius 3 is 2.55 bits per heavy atom. The van der Waals surface area contributed by atoms with E-state index in [1.54, 1.807) is 17.7 Å². The van der Waals surface area contributed by atoms with Crippen LogP contribution in [0.3, 0.4) is 0 Å². The number of hydrogen-bond donors (Lipinski definition) is 0. The SMILES string of the molecule is CCCN(CCC)c1ncnc2c1sc1nc(N3CCCC3)c3c(c12)CC(C)(C)OC3. The van der Waals surface area contributed by atoms with Crippen molar-refractivity contribution in [3.8, 4) is 0 Å². The second kappa shape index (κ2) is 8.17. The van der Waals surface area contributed by atoms with Gasteiger partial charge in [0.2, 0.25) is 0 Å². The van der Waals surface area contributed by atoms with E-state index in [2.05, 4.69) is 37.5 Å². The molecular weight excluding hydrogens is 406 g/mol. The van der Waals surface area contributed by atoms with Crippen LogP contribution in [0, 0.1) is 0 Å². The first-order valence-electron chi connectivity index (χ1n) is 11.7. The molecule has 0 bridgehead atoms. The largest absolute Gasteiger partial charge is 0.370 e. The Morgan fingerprint density at radius 1 is 1.10 bits per heavy atom. The molecule has 0 N–H and O–H groups in total. The second-order valence-electron chi connectivity index (χ2n) is 9.46. The Balaban J connectivity index is 1.76. The van der Waals surface area contributed by atoms with Crippen LogP contribution < -0.4 is 9.80 Å². The van der Waals surface area contributed by atoms with E-state index in [-0.39, 0.29) is 5.60 Å². The third-order valence-corrected chi connectivity index (χ3v) is 7.55. The van der Waals surface area contributed by atoms with Gasteiger partial charge in [-0.25, -0.2) is 15.0 Å². The van der Waals surface area contributed by atoms with Crippen molar-refractivity contribution in [1.82, 2.24) is 15.0 Å². The predicted octanol–water partition coefficient (Wildman–Crippen LogP) is 5.32. The number of aromatic nitrogens is 3. The highest BCUT2D eigenvalue weighted by molar-refractivity contribution is 7.26. The van der Waals surface area contributed by atoms with Crippen molar-refractivity contribution in [2.24, 2.45) is 0 Å². The fourth-order valence-corrected chi connectivity index (χ4v) is 6.23. The summed E-state index contributed by atoms with van der Waals surface area (Å²) in [4.78, 5) is 20.7. The number of thiophene rings is 1. The van der Waals surface area contributed by atoms with E-state index in [1.165, 1.54) is 34.1 Å². The molecule has 2 aliphatic rings. The number of ether oxygens (including phenoxy) is 1. The van der Waals surface area contributed by atoms with Gasteiger partial charge in [0.1, 0.15) is 22.8 Å². The van der Waals surface area contributed by atoms with Gasteiger partial charge in [0.15, 0.2) is 0 Å². The van der Waals surface area contributed by atoms with Crippen molar-refractivity contribution < 1.29 is 4.74 Å². The van der Waals surface area contributed by atoms with E-state index in [1.807, 2.05) is 0 Å². The molecule has 0 aliphatic carbocycles. The van der Waals surface area contributed by atoms with Crippen molar-refractivity contribution >= 4 is 43.4 Å². The van der Waals surface area contributed by atoms with E-state index in [0.717, 1.165) is 67.4 Å². The van der Waals surface area contributed by atoms with Gasteiger partial charge < -0.3 is 14.5 Å². The molecule has 0 radical (unpaired) electrons. The zero-order valence-corrected chi connectivity index (χ0v) is 20.0. The highest BCUT2D eigenvalue weighted by Gasteiger charge is 2.33. The molecule has 6 nitrogen and oxygen atoms in total. The lowest BCUT2D eigenvalue weighted by Crippen LogP contribution is -2.33. The smallest absolute Gasteiger partial charge is 0.150 e. The Hall–Kier alpha value is -1.99. The van der Waals surface area contributed by atoms with Gasteiger partial charge in [-0.1, -0.05) is 13.8 Å². The molecule has 0 saturated carbocycles. The van der Waals surface area contributed by atoms with Gasteiger partial charge in [-0.2, -0.15) is 0 Å². The van der Waals surface area contributed by atoms with Crippen LogP contribution in [-0.4, -0.2) is 46.7 Å². The summed E-state index contributed by atoms with van der Waals surface area (Å²) in [7, 11) is 0. The second-order valence-corrected chi connectivity index (χ2v) is 10.5. The summed E-state index contributed by atoms with van der Waals surface area (Å²) in [6.45, 7) is 13.7. The standard InChI is InChI=1S/C24H33N5OS/c1-5-9-28(10-6-2)22-20-19(25-15-26-22)18-16-13-24(3,4)30-14-17(16)21(27-23(18)31-20)29-11-7-8-12-29/h15H,5-14H2,1-4H3. The maximum Gasteiger partial charge on any atom is 0.150 e. The van der Waals surface area contributed by atoms with Crippen LogP contribution in [0.15, 0.2) is 6.33 Å². The molecule has 3 aromatic heterocycles. The van der Waals surface area contributed by atoms with E-state index < -0.39 is 0 Å². The number of nitrogens with zero attached hydrogens (tertiary/aromatic N) is 5. The number of fused-ring (bicyclic) bond motifs is 5. The zero-order chi connectivity index (χ0) is 21.6. The monoisotopic (exact) mass is 439 g/mol. The molecule has 2 aliphatic heterocycles. The van der Waals surface area contributed by atoms with Crippen molar-refractivity contribution in [3.63, 3.8) is 0 Å². The van der Waals surface area contributed by atoms with E-state index in [0.29, 0.717) is 6.61 Å². The lowest BCUT2D eigenvalue weighted by Gasteiger charge is -2.34. The number of pyridine rings is 1. The van der Waals surface area contributed by atoms with Gasteiger partial charge in [0.05, 0.1) is 22.4 Å². The molecule has 166 valence electrons. The average molecular weight is 440 g/mol. The molecule has 0 spiro atoms. The zero-order valence-electron chi connectivity index (χ0n) is 19.2. The summed E-state index contributed by atoms with van der Waals surface area (Å²) in [5, 5.41) is 1.23. The van der Waals surface area contributed by atoms with Gasteiger partial charge >= 0.3 is 0 Å². The highest BCUT2D eigenvalue weighted by atomic mass is 32.1. The predicted molar refractivity (Wildman–Crippen MR) is 130 cm³/mol. The van der Waals surface area contributed by atoms with Gasteiger partial charge in [-0.15, -0.1) is 11.3 Å². The lowest BCUT2D eigenvalue weighted by atomic mass is 9.90. The Morgan fingerprint density at radius 2 is 1.84 bits per heavy atom. The van der Waals surface area contributed by atoms with E-state index in [4.69, 9.17) is 19.7 Å². The first-order chi connectivity index (χ1) is 15.0. The van der Waals surface area contributed by atoms with E-state index in [9.17, 15) is 0 Å². The molecular formula is C24H33N5OS. The van der Waals surface area contributed by atoms with Crippen LogP contribution in [0.25, 0.3) is 20.4 Å². The maximum absolute atomic E-state index is 6.25. The quantitative estimate of drug-likeness (QED) is 0.518. The van der Waals surface area contributed by atoms with Gasteiger partial charge in [-0.3, -0.25) is 0 Å². The first kappa shape index (κ1) is 20.9. The number of rotatable bonds is 6. The molecule has 1 fully saturated rings. The first-order valence-corrected chi connectivity index (χ1v) is 12.6. The summed E-state index contributed by atoms with van der Waals surface area (Å²) in [5.74, 6) is 2.20. The van der Waals surface area contributed by atoms with Crippen LogP contribution in [0.5, 0.6) is 0 Å². The maximum atomic E-state index is 6.25. The molecule has 7 heteroatoms. The molecule has 0 unspecified atom stereocenters. The molecule has 0 atom stereocenters. The summed E-state index contributed by atoms with van der Waals surface area (Å²) < 4.78 is 7.43. The summed E-state index contributed by atoms with van der Waals surface area (Å²) in [6, 6.07) is 0. The van der Waals surface area contributed by atoms with Crippen molar-refractivity contribution in [1.29, 1.82) is 0 Å². The molecule has 5 rings (SSSR count). The Kier molecular flexibility index (Phi) is 5.51. The molecule has 31 heavy (non-hydrogen) atoms. The van der Waals surface area contributed by atoms with Crippen LogP contribution >= 0.6 is 11.3 Å². The highest BCUT2D eigenvalue weighted by Crippen LogP contribution is 2.44. The van der Waals surface area contributed by atoms with Crippen LogP contribution in [0.4, 0.5) is 11.6 Å². The molecule has 0 amide bonds. The fraction of sp³-hybridized carbons (Fsp3) is 0.625. The summed E-state index contributed by atoms with van der Waals surface area (Å²) >= 11 is 1.77. The molecule has 5 heterocycles. The van der Waals surface area contributed by atoms with Crippen LogP contribution in [0.2, 0.25) is 0 Å². The van der Waals surface area contributed by atoms with Gasteiger partial charge in [0, 0.05) is 43.5 Å². The van der Waals surface area contributed by atoms with Gasteiger partial charge in [0.25, 0.3) is 0 Å². The Bertz CT molecular complexity index is 1100. The third-order valence-electron chi connectivity index (χ3n) is 6.48. The summed E-state index contributed by atoms with van der Waals surface area (Å²) in [6.07, 6.45) is 7.33. The topological polar surface area (TPSA) is 54.4 Å². The lowest BCUT2D eigenvalue weighted by molar-refractivity contribution is -0.0395. The number of anilines is 2. The molecule has 3 aromatic rings. The minimum Gasteiger partial charge on any atom is -0.370 e. The van der Waals surface area contributed by atoms with Crippen molar-refractivity contribution in [3.05, 3.63) is 17.5 Å². The van der Waals surface area contributed by atoms with Crippen molar-refractivity contribution in [2.45, 2.75) is 72.0 Å². The summed E-state index contributed by atoms with van der Waals surface area (Å²) in [5.41, 5.74) is 3.55. The minimum atomic E-state index is -0.176. The molecule has 0 aromatic carbocycles. The average Bonchev–Trinajstić information content (AvgIpc) is 3.40. The van der Waals surface area contributed by atoms with Crippen molar-refractivity contribution in [2.75, 3.05) is 36.0 Å². The van der Waals surface area contributed by atoms with Crippen LogP contribution in [-0.2, 0) is 17.8 Å². The van der Waals surface area contributed by atoms with Gasteiger partial charge in [-0.05, 0) is 45.1 Å². The molecule has 1 saturated heterocycles. The minimum absolute atomic E-state index is 0.176. The fourth-order valence-electron chi connectivity index (χ4n) is 5.06. The van der Waals surface area contributed by atoms with E-state index >= 15 is 0 Å². The normalized spacial score (nSPS) is 18.1. The Labute approximate surface area is 188 Å². The number of hydrogen-bond acceptors (Lipinski definition) is 7.